The molecule has 1 saturated heterocycles. The van der Waals surface area contributed by atoms with Crippen LogP contribution in [0.25, 0.3) is 0 Å². The van der Waals surface area contributed by atoms with Crippen molar-refractivity contribution >= 4 is 76.2 Å². The Labute approximate surface area is 582 Å². The number of hydrogen-bond donors (Lipinski definition) is 5. The topological polar surface area (TPSA) is 307 Å². The number of esters is 2. The summed E-state index contributed by atoms with van der Waals surface area (Å²) in [4.78, 5) is 133. The molecule has 0 spiro atoms. The van der Waals surface area contributed by atoms with Crippen molar-refractivity contribution in [3.05, 3.63) is 112 Å². The van der Waals surface area contributed by atoms with E-state index in [2.05, 4.69) is 21.3 Å². The molecule has 3 aromatic rings. The Balaban J connectivity index is 1.13. The minimum Gasteiger partial charge on any atom is -0.481 e. The zero-order valence-corrected chi connectivity index (χ0v) is 59.5. The zero-order chi connectivity index (χ0) is 71.7. The number of ketones is 3. The van der Waals surface area contributed by atoms with Crippen LogP contribution in [0.2, 0.25) is 5.02 Å². The fraction of sp³-hybridized carbons (Fsp3) is 0.600. The monoisotopic (exact) mass is 1380 g/mol. The lowest BCUT2D eigenvalue weighted by atomic mass is 9.88. The number of aryl methyl sites for hydroxylation is 3. The summed E-state index contributed by atoms with van der Waals surface area (Å²) in [6.45, 7) is 17.2. The minimum absolute atomic E-state index is 0.0510. The summed E-state index contributed by atoms with van der Waals surface area (Å²) in [6, 6.07) is 18.5. The largest absolute Gasteiger partial charge is 0.481 e. The van der Waals surface area contributed by atoms with Gasteiger partial charge in [0.2, 0.25) is 23.6 Å². The van der Waals surface area contributed by atoms with E-state index in [1.165, 1.54) is 6.08 Å². The first-order valence-electron chi connectivity index (χ1n) is 34.6. The van der Waals surface area contributed by atoms with Gasteiger partial charge >= 0.3 is 17.9 Å². The molecule has 0 radical (unpaired) electrons. The predicted octanol–water partition coefficient (Wildman–Crippen LogP) is 10.1. The van der Waals surface area contributed by atoms with Crippen LogP contribution >= 0.6 is 11.6 Å². The molecular formula is C75H105ClN4O18. The normalized spacial score (nSPS) is 19.5. The van der Waals surface area contributed by atoms with Gasteiger partial charge in [-0.15, -0.1) is 0 Å². The predicted molar refractivity (Wildman–Crippen MR) is 370 cm³/mol. The number of epoxide rings is 1. The Morgan fingerprint density at radius 1 is 0.724 bits per heavy atom. The molecular weight excluding hydrogens is 1280 g/mol. The number of aliphatic carboxylic acids is 1. The van der Waals surface area contributed by atoms with Crippen LogP contribution in [0.5, 0.6) is 0 Å². The van der Waals surface area contributed by atoms with Crippen molar-refractivity contribution < 1.29 is 86.2 Å². The Morgan fingerprint density at radius 2 is 1.35 bits per heavy atom. The molecule has 2 aliphatic rings. The highest BCUT2D eigenvalue weighted by Gasteiger charge is 2.48. The van der Waals surface area contributed by atoms with E-state index in [0.717, 1.165) is 27.8 Å². The van der Waals surface area contributed by atoms with Gasteiger partial charge in [0, 0.05) is 94.0 Å². The Kier molecular flexibility index (Phi) is 35.5. The standard InChI is InChI=1S/C75H105ClN4O18/c1-48(2)43-64-73(90)96-63(17-13-18-65(84)79-61(45-54-22-21-50(5)60(76)44-54)72(89)77-47-75(7,8)74(91)97-64)51(6)69-70(98-69)55-29-23-52(24-30-55)27-33-59(82)34-28-53-25-31-57(32-26-53)78-71(88)56(46-62(83)68(49(3)4)80-66(85)19-14-20-67(86)87)15-11-10-12-16-58(81)35-36-93-39-40-95-42-41-94-38-37-92-9/h13,18,21-26,29-32,44,48-49,51,56,61,63-64,68-70H,10-12,14-17,19-20,27-28,33-43,45-47H2,1-9H3,(H,77,89)(H,78,88)(H,79,84)(H,80,85)(H,86,87)/b18-13+/t51-,56+,61+,63-,64-,68-,69+,70+/m0/s1. The highest BCUT2D eigenvalue weighted by molar-refractivity contribution is 6.31. The Hall–Kier alpha value is -7.21. The Morgan fingerprint density at radius 3 is 1.97 bits per heavy atom. The van der Waals surface area contributed by atoms with Crippen molar-refractivity contribution in [1.29, 1.82) is 0 Å². The molecule has 23 heteroatoms. The van der Waals surface area contributed by atoms with E-state index in [9.17, 15) is 47.9 Å². The van der Waals surface area contributed by atoms with Crippen molar-refractivity contribution in [3.8, 4) is 0 Å². The van der Waals surface area contributed by atoms with Crippen molar-refractivity contribution in [2.45, 2.75) is 201 Å². The number of unbranched alkanes of at least 4 members (excludes halogenated alkanes) is 2. The van der Waals surface area contributed by atoms with Crippen LogP contribution in [0.15, 0.2) is 78.9 Å². The summed E-state index contributed by atoms with van der Waals surface area (Å²) in [5, 5.41) is 20.9. The van der Waals surface area contributed by atoms with Gasteiger partial charge in [-0.1, -0.05) is 114 Å². The summed E-state index contributed by atoms with van der Waals surface area (Å²) in [5.74, 6) is -5.98. The van der Waals surface area contributed by atoms with E-state index < -0.39 is 71.3 Å². The van der Waals surface area contributed by atoms with Crippen LogP contribution in [0.4, 0.5) is 5.69 Å². The molecule has 2 heterocycles. The number of carboxylic acid groups (broad SMARTS) is 1. The number of nitrogens with one attached hydrogen (secondary N) is 4. The van der Waals surface area contributed by atoms with Gasteiger partial charge in [0.25, 0.3) is 0 Å². The lowest BCUT2D eigenvalue weighted by molar-refractivity contribution is -0.179. The number of methoxy groups -OCH3 is 1. The third-order valence-electron chi connectivity index (χ3n) is 17.4. The second kappa shape index (κ2) is 42.7. The van der Waals surface area contributed by atoms with Crippen LogP contribution in [0, 0.1) is 36.0 Å². The summed E-state index contributed by atoms with van der Waals surface area (Å²) in [7, 11) is 1.61. The highest BCUT2D eigenvalue weighted by Crippen LogP contribution is 2.45. The van der Waals surface area contributed by atoms with E-state index in [0.29, 0.717) is 108 Å². The molecule has 0 aliphatic carbocycles. The molecule has 98 heavy (non-hydrogen) atoms. The first-order chi connectivity index (χ1) is 46.7. The fourth-order valence-corrected chi connectivity index (χ4v) is 11.4. The van der Waals surface area contributed by atoms with E-state index in [1.54, 1.807) is 59.1 Å². The zero-order valence-electron chi connectivity index (χ0n) is 58.7. The molecule has 0 unspecified atom stereocenters. The van der Waals surface area contributed by atoms with Gasteiger partial charge in [-0.3, -0.25) is 43.2 Å². The smallest absolute Gasteiger partial charge is 0.347 e. The number of halogens is 1. The van der Waals surface area contributed by atoms with Crippen LogP contribution < -0.4 is 21.3 Å². The van der Waals surface area contributed by atoms with E-state index in [1.807, 2.05) is 76.2 Å². The maximum Gasteiger partial charge on any atom is 0.347 e. The molecule has 0 aromatic heterocycles. The molecule has 3 aromatic carbocycles. The van der Waals surface area contributed by atoms with Gasteiger partial charge in [-0.25, -0.2) is 4.79 Å². The first kappa shape index (κ1) is 81.5. The number of amides is 4. The molecule has 540 valence electrons. The summed E-state index contributed by atoms with van der Waals surface area (Å²) in [6.07, 6.45) is 4.71. The van der Waals surface area contributed by atoms with E-state index in [-0.39, 0.29) is 118 Å². The number of cyclic esters (lactones) is 2. The molecule has 5 N–H and O–H groups in total. The summed E-state index contributed by atoms with van der Waals surface area (Å²) in [5.41, 5.74) is 3.57. The second-order valence-corrected chi connectivity index (χ2v) is 27.5. The molecule has 22 nitrogen and oxygen atoms in total. The van der Waals surface area contributed by atoms with Crippen molar-refractivity contribution in [1.82, 2.24) is 16.0 Å². The number of anilines is 1. The van der Waals surface area contributed by atoms with Crippen LogP contribution in [0.1, 0.15) is 172 Å². The van der Waals surface area contributed by atoms with Crippen LogP contribution in [0.3, 0.4) is 0 Å². The number of ether oxygens (including phenoxy) is 7. The maximum absolute atomic E-state index is 14.0. The Bertz CT molecular complexity index is 3110. The SMILES string of the molecule is COCCOCCOCCOCCC(=O)CCCCC[C@H](CC(=O)[C@@H](NC(=O)CCCC(=O)O)C(C)C)C(=O)Nc1ccc(CCC(=O)CCc2ccc([C@H]3O[C@@H]3[C@@H](C)[C@@H]3C/C=C/C(=O)N[C@H](Cc4ccc(C)c(Cl)c4)C(=O)NCC(C)(C)C(=O)O[C@@H](CC(C)C)C(=O)O3)cc2)cc1. The van der Waals surface area contributed by atoms with Gasteiger partial charge in [-0.2, -0.15) is 0 Å². The molecule has 4 amide bonds. The molecule has 8 atom stereocenters. The third-order valence-corrected chi connectivity index (χ3v) is 17.8. The fourth-order valence-electron chi connectivity index (χ4n) is 11.2. The molecule has 5 rings (SSSR count). The molecule has 2 aliphatic heterocycles. The van der Waals surface area contributed by atoms with Crippen molar-refractivity contribution in [2.75, 3.05) is 65.2 Å². The number of carbonyl (C=O) groups is 10. The molecule has 0 saturated carbocycles. The quantitative estimate of drug-likeness (QED) is 0.0200. The number of carboxylic acids is 1. The first-order valence-corrected chi connectivity index (χ1v) is 35.0. The number of carbonyl (C=O) groups excluding carboxylic acids is 9. The van der Waals surface area contributed by atoms with Gasteiger partial charge in [0.15, 0.2) is 11.9 Å². The summed E-state index contributed by atoms with van der Waals surface area (Å²) < 4.78 is 39.6. The molecule has 0 bridgehead atoms. The van der Waals surface area contributed by atoms with Gasteiger partial charge < -0.3 is 59.5 Å². The maximum atomic E-state index is 14.0. The van der Waals surface area contributed by atoms with Gasteiger partial charge in [-0.05, 0) is 123 Å². The molecule has 1 fully saturated rings. The third kappa shape index (κ3) is 30.1. The summed E-state index contributed by atoms with van der Waals surface area (Å²) >= 11 is 6.41. The lowest BCUT2D eigenvalue weighted by Gasteiger charge is -2.29. The van der Waals surface area contributed by atoms with Gasteiger partial charge in [0.05, 0.1) is 63.8 Å². The number of rotatable bonds is 42. The van der Waals surface area contributed by atoms with Crippen LogP contribution in [-0.2, 0) is 100 Å². The number of hydrogen-bond acceptors (Lipinski definition) is 17. The number of Topliss-reactive ketones (excluding diaryl/α,β-unsaturated/α-hetero) is 3. The van der Waals surface area contributed by atoms with Gasteiger partial charge in [0.1, 0.15) is 29.8 Å². The van der Waals surface area contributed by atoms with E-state index in [4.69, 9.17) is 49.9 Å². The number of benzene rings is 3. The lowest BCUT2D eigenvalue weighted by Crippen LogP contribution is -2.51. The average molecular weight is 1390 g/mol. The van der Waals surface area contributed by atoms with Crippen molar-refractivity contribution in [3.63, 3.8) is 0 Å². The van der Waals surface area contributed by atoms with E-state index >= 15 is 0 Å². The van der Waals surface area contributed by atoms with Crippen LogP contribution in [-0.4, -0.2) is 154 Å². The average Bonchev–Trinajstić information content (AvgIpc) is 1.63. The van der Waals surface area contributed by atoms with Crippen molar-refractivity contribution in [2.24, 2.45) is 29.1 Å². The highest BCUT2D eigenvalue weighted by atomic mass is 35.5. The minimum atomic E-state index is -1.26. The second-order valence-electron chi connectivity index (χ2n) is 27.1.